The van der Waals surface area contributed by atoms with Gasteiger partial charge in [-0.05, 0) is 53.9 Å². The highest BCUT2D eigenvalue weighted by Gasteiger charge is 2.19. The van der Waals surface area contributed by atoms with Crippen LogP contribution in [-0.4, -0.2) is 5.91 Å². The molecule has 0 aliphatic carbocycles. The third-order valence-corrected chi connectivity index (χ3v) is 5.75. The van der Waals surface area contributed by atoms with Gasteiger partial charge in [0.05, 0.1) is 6.04 Å². The predicted octanol–water partition coefficient (Wildman–Crippen LogP) is 6.75. The maximum atomic E-state index is 13.1. The summed E-state index contributed by atoms with van der Waals surface area (Å²) < 4.78 is 5.83. The molecule has 0 saturated carbocycles. The second-order valence-corrected chi connectivity index (χ2v) is 7.99. The quantitative estimate of drug-likeness (QED) is 0.344. The van der Waals surface area contributed by atoms with Crippen molar-refractivity contribution in [3.05, 3.63) is 136 Å². The summed E-state index contributed by atoms with van der Waals surface area (Å²) in [5.41, 5.74) is 4.73. The van der Waals surface area contributed by atoms with Crippen LogP contribution in [0.2, 0.25) is 5.02 Å². The van der Waals surface area contributed by atoms with Gasteiger partial charge in [0, 0.05) is 16.1 Å². The van der Waals surface area contributed by atoms with Crippen molar-refractivity contribution in [2.24, 2.45) is 0 Å². The van der Waals surface area contributed by atoms with Crippen molar-refractivity contribution >= 4 is 17.5 Å². The first-order valence-electron chi connectivity index (χ1n) is 10.5. The number of halogens is 1. The Hall–Kier alpha value is -3.56. The van der Waals surface area contributed by atoms with Crippen LogP contribution in [0.3, 0.4) is 0 Å². The molecule has 1 amide bonds. The van der Waals surface area contributed by atoms with Crippen molar-refractivity contribution in [2.45, 2.75) is 19.6 Å². The van der Waals surface area contributed by atoms with E-state index < -0.39 is 0 Å². The molecule has 32 heavy (non-hydrogen) atoms. The van der Waals surface area contributed by atoms with E-state index >= 15 is 0 Å². The lowest BCUT2D eigenvalue weighted by Crippen LogP contribution is -2.29. The maximum absolute atomic E-state index is 13.1. The molecule has 0 bridgehead atoms. The summed E-state index contributed by atoms with van der Waals surface area (Å²) in [5, 5.41) is 3.87. The summed E-state index contributed by atoms with van der Waals surface area (Å²) in [6, 6.07) is 32.6. The number of ether oxygens (including phenoxy) is 1. The molecule has 3 nitrogen and oxygen atoms in total. The van der Waals surface area contributed by atoms with Crippen LogP contribution in [0.25, 0.3) is 0 Å². The van der Waals surface area contributed by atoms with E-state index in [1.807, 2.05) is 66.7 Å². The summed E-state index contributed by atoms with van der Waals surface area (Å²) in [4.78, 5) is 13.1. The minimum atomic E-state index is -0.235. The van der Waals surface area contributed by atoms with Crippen molar-refractivity contribution in [1.82, 2.24) is 5.32 Å². The normalized spacial score (nSPS) is 11.6. The third kappa shape index (κ3) is 5.19. The first-order chi connectivity index (χ1) is 15.6. The lowest BCUT2D eigenvalue weighted by Gasteiger charge is -2.22. The molecule has 0 saturated heterocycles. The maximum Gasteiger partial charge on any atom is 0.252 e. The van der Waals surface area contributed by atoms with E-state index in [-0.39, 0.29) is 11.9 Å². The van der Waals surface area contributed by atoms with E-state index in [9.17, 15) is 4.79 Å². The van der Waals surface area contributed by atoms with E-state index in [0.29, 0.717) is 22.9 Å². The molecule has 0 aromatic heterocycles. The molecule has 0 heterocycles. The zero-order valence-electron chi connectivity index (χ0n) is 17.8. The van der Waals surface area contributed by atoms with Crippen LogP contribution in [0.15, 0.2) is 103 Å². The molecule has 1 N–H and O–H groups in total. The molecule has 0 fully saturated rings. The predicted molar refractivity (Wildman–Crippen MR) is 129 cm³/mol. The first-order valence-corrected chi connectivity index (χ1v) is 10.9. The third-order valence-electron chi connectivity index (χ3n) is 5.38. The van der Waals surface area contributed by atoms with Gasteiger partial charge in [0.2, 0.25) is 0 Å². The van der Waals surface area contributed by atoms with Crippen LogP contribution in [0, 0.1) is 6.92 Å². The van der Waals surface area contributed by atoms with Gasteiger partial charge in [-0.1, -0.05) is 84.4 Å². The largest absolute Gasteiger partial charge is 0.489 e. The molecular formula is C28H24ClNO2. The van der Waals surface area contributed by atoms with Crippen molar-refractivity contribution in [2.75, 3.05) is 0 Å². The summed E-state index contributed by atoms with van der Waals surface area (Å²) >= 11 is 6.18. The summed E-state index contributed by atoms with van der Waals surface area (Å²) in [5.74, 6) is 0.541. The Morgan fingerprint density at radius 2 is 1.50 bits per heavy atom. The summed E-state index contributed by atoms with van der Waals surface area (Å²) in [6.07, 6.45) is 0. The first kappa shape index (κ1) is 21.7. The smallest absolute Gasteiger partial charge is 0.252 e. The average molecular weight is 442 g/mol. The van der Waals surface area contributed by atoms with Crippen molar-refractivity contribution < 1.29 is 9.53 Å². The van der Waals surface area contributed by atoms with E-state index in [0.717, 1.165) is 22.3 Å². The molecule has 0 unspecified atom stereocenters. The number of amides is 1. The summed E-state index contributed by atoms with van der Waals surface area (Å²) in [7, 11) is 0. The number of nitrogens with one attached hydrogen (secondary N) is 1. The van der Waals surface area contributed by atoms with Crippen molar-refractivity contribution in [1.29, 1.82) is 0 Å². The number of carbonyl (C=O) groups is 1. The van der Waals surface area contributed by atoms with Crippen LogP contribution in [0.5, 0.6) is 5.75 Å². The van der Waals surface area contributed by atoms with Gasteiger partial charge in [-0.2, -0.15) is 0 Å². The monoisotopic (exact) mass is 441 g/mol. The van der Waals surface area contributed by atoms with Gasteiger partial charge in [-0.3, -0.25) is 4.79 Å². The Morgan fingerprint density at radius 3 is 2.22 bits per heavy atom. The van der Waals surface area contributed by atoms with E-state index in [2.05, 4.69) is 24.4 Å². The fourth-order valence-corrected chi connectivity index (χ4v) is 3.78. The zero-order valence-corrected chi connectivity index (χ0v) is 18.5. The summed E-state index contributed by atoms with van der Waals surface area (Å²) in [6.45, 7) is 2.43. The molecule has 0 aliphatic rings. The topological polar surface area (TPSA) is 38.3 Å². The minimum Gasteiger partial charge on any atom is -0.489 e. The van der Waals surface area contributed by atoms with E-state index in [4.69, 9.17) is 16.3 Å². The van der Waals surface area contributed by atoms with Gasteiger partial charge in [0.25, 0.3) is 5.91 Å². The standard InChI is InChI=1S/C28H24ClNO2/c1-20-9-5-7-13-25(20)27(21-10-3-2-4-11-21)30-28(31)22-15-17-24(18-16-22)32-19-23-12-6-8-14-26(23)29/h2-18,27H,19H2,1H3,(H,30,31)/t27-/m1/s1. The van der Waals surface area contributed by atoms with Gasteiger partial charge in [-0.15, -0.1) is 0 Å². The second kappa shape index (κ2) is 10.2. The van der Waals surface area contributed by atoms with Crippen LogP contribution in [0.1, 0.15) is 38.7 Å². The number of benzene rings is 4. The SMILES string of the molecule is Cc1ccccc1[C@H](NC(=O)c1ccc(OCc2ccccc2Cl)cc1)c1ccccc1. The minimum absolute atomic E-state index is 0.139. The molecule has 4 aromatic carbocycles. The van der Waals surface area contributed by atoms with Gasteiger partial charge in [0.15, 0.2) is 0 Å². The lowest BCUT2D eigenvalue weighted by atomic mass is 9.94. The number of carbonyl (C=O) groups excluding carboxylic acids is 1. The molecule has 0 aliphatic heterocycles. The molecule has 0 radical (unpaired) electrons. The Bertz CT molecular complexity index is 1190. The number of hydrogen-bond donors (Lipinski definition) is 1. The Labute approximate surface area is 193 Å². The second-order valence-electron chi connectivity index (χ2n) is 7.58. The molecule has 4 heteroatoms. The Morgan fingerprint density at radius 1 is 0.844 bits per heavy atom. The number of rotatable bonds is 7. The fourth-order valence-electron chi connectivity index (χ4n) is 3.59. The molecular weight excluding hydrogens is 418 g/mol. The highest BCUT2D eigenvalue weighted by Crippen LogP contribution is 2.26. The fraction of sp³-hybridized carbons (Fsp3) is 0.107. The van der Waals surface area contributed by atoms with E-state index in [1.54, 1.807) is 24.3 Å². The van der Waals surface area contributed by atoms with Crippen LogP contribution >= 0.6 is 11.6 Å². The molecule has 160 valence electrons. The van der Waals surface area contributed by atoms with E-state index in [1.165, 1.54) is 0 Å². The molecule has 1 atom stereocenters. The van der Waals surface area contributed by atoms with Crippen LogP contribution in [0.4, 0.5) is 0 Å². The lowest BCUT2D eigenvalue weighted by molar-refractivity contribution is 0.0943. The highest BCUT2D eigenvalue weighted by molar-refractivity contribution is 6.31. The van der Waals surface area contributed by atoms with Gasteiger partial charge in [0.1, 0.15) is 12.4 Å². The molecule has 4 aromatic rings. The Balaban J connectivity index is 1.49. The molecule has 4 rings (SSSR count). The average Bonchev–Trinajstić information content (AvgIpc) is 2.83. The van der Waals surface area contributed by atoms with Crippen LogP contribution < -0.4 is 10.1 Å². The zero-order chi connectivity index (χ0) is 22.3. The van der Waals surface area contributed by atoms with Gasteiger partial charge in [-0.25, -0.2) is 0 Å². The Kier molecular flexibility index (Phi) is 6.88. The number of aryl methyl sites for hydroxylation is 1. The van der Waals surface area contributed by atoms with Crippen molar-refractivity contribution in [3.63, 3.8) is 0 Å². The highest BCUT2D eigenvalue weighted by atomic mass is 35.5. The van der Waals surface area contributed by atoms with Crippen LogP contribution in [-0.2, 0) is 6.61 Å². The van der Waals surface area contributed by atoms with Gasteiger partial charge >= 0.3 is 0 Å². The number of hydrogen-bond acceptors (Lipinski definition) is 2. The molecule has 0 spiro atoms. The van der Waals surface area contributed by atoms with Gasteiger partial charge < -0.3 is 10.1 Å². The van der Waals surface area contributed by atoms with Crippen molar-refractivity contribution in [3.8, 4) is 5.75 Å².